The SMILES string of the molecule is C=CC=CC(=C)C(=C)C=CC(=C)C(=C)C=CC(=C)N(c1ccc(-c2ccc3c(c2)c2cccc4c5ccccc5n3c42)cc1)c1ccc(-c2ccc3c4ccccc4n(-c4ccccc4)c3c2)cc1. The molecule has 0 fully saturated rings. The summed E-state index contributed by atoms with van der Waals surface area (Å²) in [5, 5.41) is 7.55. The van der Waals surface area contributed by atoms with Crippen LogP contribution in [0.15, 0.2) is 292 Å². The number of fused-ring (bicyclic) bond motifs is 9. The molecule has 0 aliphatic carbocycles. The van der Waals surface area contributed by atoms with Gasteiger partial charge < -0.3 is 13.9 Å². The first-order chi connectivity index (χ1) is 33.8. The fourth-order valence-electron chi connectivity index (χ4n) is 9.79. The molecule has 0 spiro atoms. The number of benzene rings is 8. The maximum atomic E-state index is 4.62. The van der Waals surface area contributed by atoms with Gasteiger partial charge in [0.15, 0.2) is 0 Å². The van der Waals surface area contributed by atoms with Gasteiger partial charge in [-0.3, -0.25) is 0 Å². The molecule has 0 aliphatic heterocycles. The average molecular weight is 884 g/mol. The summed E-state index contributed by atoms with van der Waals surface area (Å²) in [6.45, 7) is 25.2. The molecule has 0 saturated carbocycles. The number of hydrogen-bond acceptors (Lipinski definition) is 1. The van der Waals surface area contributed by atoms with Crippen LogP contribution in [0.3, 0.4) is 0 Å². The molecule has 11 aromatic rings. The Kier molecular flexibility index (Phi) is 10.8. The van der Waals surface area contributed by atoms with E-state index in [1.807, 2.05) is 36.5 Å². The van der Waals surface area contributed by atoms with E-state index in [1.54, 1.807) is 6.08 Å². The van der Waals surface area contributed by atoms with Crippen molar-refractivity contribution in [2.24, 2.45) is 0 Å². The van der Waals surface area contributed by atoms with Crippen molar-refractivity contribution >= 4 is 71.3 Å². The molecule has 0 N–H and O–H groups in total. The lowest BCUT2D eigenvalue weighted by atomic mass is 10.0. The van der Waals surface area contributed by atoms with Gasteiger partial charge in [0, 0.05) is 55.1 Å². The zero-order valence-electron chi connectivity index (χ0n) is 38.4. The van der Waals surface area contributed by atoms with E-state index in [2.05, 4.69) is 235 Å². The Hall–Kier alpha value is -9.18. The predicted molar refractivity (Wildman–Crippen MR) is 298 cm³/mol. The van der Waals surface area contributed by atoms with Gasteiger partial charge in [0.2, 0.25) is 0 Å². The van der Waals surface area contributed by atoms with Crippen LogP contribution in [0.5, 0.6) is 0 Å². The third-order valence-corrected chi connectivity index (χ3v) is 13.3. The van der Waals surface area contributed by atoms with E-state index in [0.29, 0.717) is 0 Å². The normalized spacial score (nSPS) is 11.9. The molecule has 0 bridgehead atoms. The van der Waals surface area contributed by atoms with Crippen LogP contribution >= 0.6 is 0 Å². The van der Waals surface area contributed by atoms with Gasteiger partial charge in [0.25, 0.3) is 0 Å². The summed E-state index contributed by atoms with van der Waals surface area (Å²) in [5.74, 6) is 0. The van der Waals surface area contributed by atoms with Gasteiger partial charge in [-0.25, -0.2) is 0 Å². The summed E-state index contributed by atoms with van der Waals surface area (Å²) in [5.41, 5.74) is 17.6. The second-order valence-electron chi connectivity index (χ2n) is 17.5. The maximum Gasteiger partial charge on any atom is 0.0620 e. The fourth-order valence-corrected chi connectivity index (χ4v) is 9.79. The van der Waals surface area contributed by atoms with E-state index < -0.39 is 0 Å². The van der Waals surface area contributed by atoms with Gasteiger partial charge in [-0.15, -0.1) is 0 Å². The molecule has 0 radical (unpaired) electrons. The number of allylic oxidation sites excluding steroid dienone is 11. The van der Waals surface area contributed by atoms with Gasteiger partial charge in [0.05, 0.1) is 27.6 Å². The smallest absolute Gasteiger partial charge is 0.0620 e. The highest BCUT2D eigenvalue weighted by Crippen LogP contribution is 2.41. The van der Waals surface area contributed by atoms with Crippen molar-refractivity contribution < 1.29 is 0 Å². The Morgan fingerprint density at radius 3 is 1.51 bits per heavy atom. The highest BCUT2D eigenvalue weighted by Gasteiger charge is 2.19. The fraction of sp³-hybridized carbons (Fsp3) is 0. The van der Waals surface area contributed by atoms with Crippen molar-refractivity contribution in [3.05, 3.63) is 292 Å². The Balaban J connectivity index is 0.934. The Labute approximate surface area is 403 Å². The van der Waals surface area contributed by atoms with Crippen LogP contribution in [0, 0.1) is 0 Å². The largest absolute Gasteiger partial charge is 0.311 e. The molecule has 3 heteroatoms. The molecule has 0 saturated heterocycles. The van der Waals surface area contributed by atoms with Crippen LogP contribution in [0.25, 0.3) is 87.8 Å². The Morgan fingerprint density at radius 2 is 0.855 bits per heavy atom. The Bertz CT molecular complexity index is 3970. The summed E-state index contributed by atoms with van der Waals surface area (Å²) in [4.78, 5) is 2.19. The molecule has 3 aromatic heterocycles. The third kappa shape index (κ3) is 7.53. The highest BCUT2D eigenvalue weighted by atomic mass is 15.1. The monoisotopic (exact) mass is 883 g/mol. The predicted octanol–water partition coefficient (Wildman–Crippen LogP) is 18.0. The first kappa shape index (κ1) is 42.5. The van der Waals surface area contributed by atoms with E-state index in [0.717, 1.165) is 67.3 Å². The van der Waals surface area contributed by atoms with Gasteiger partial charge >= 0.3 is 0 Å². The van der Waals surface area contributed by atoms with Crippen LogP contribution in [0.4, 0.5) is 11.4 Å². The van der Waals surface area contributed by atoms with Gasteiger partial charge in [-0.1, -0.05) is 191 Å². The summed E-state index contributed by atoms with van der Waals surface area (Å²) in [7, 11) is 0. The van der Waals surface area contributed by atoms with Gasteiger partial charge in [-0.2, -0.15) is 0 Å². The highest BCUT2D eigenvalue weighted by molar-refractivity contribution is 6.23. The van der Waals surface area contributed by atoms with Crippen molar-refractivity contribution in [3.8, 4) is 27.9 Å². The minimum atomic E-state index is 0.758. The summed E-state index contributed by atoms with van der Waals surface area (Å²) >= 11 is 0. The number of hydrogen-bond donors (Lipinski definition) is 0. The van der Waals surface area contributed by atoms with E-state index in [1.165, 1.54) is 59.9 Å². The maximum absolute atomic E-state index is 4.62. The molecule has 328 valence electrons. The summed E-state index contributed by atoms with van der Waals surface area (Å²) < 4.78 is 4.78. The minimum Gasteiger partial charge on any atom is -0.311 e. The van der Waals surface area contributed by atoms with Crippen molar-refractivity contribution in [2.45, 2.75) is 0 Å². The lowest BCUT2D eigenvalue weighted by Crippen LogP contribution is -2.14. The van der Waals surface area contributed by atoms with Crippen LogP contribution in [0.1, 0.15) is 0 Å². The number of nitrogens with zero attached hydrogens (tertiary/aromatic N) is 3. The van der Waals surface area contributed by atoms with Crippen molar-refractivity contribution in [1.82, 2.24) is 8.97 Å². The summed E-state index contributed by atoms with van der Waals surface area (Å²) in [6, 6.07) is 65.8. The minimum absolute atomic E-state index is 0.758. The molecule has 0 amide bonds. The van der Waals surface area contributed by atoms with Crippen molar-refractivity contribution in [1.29, 1.82) is 0 Å². The third-order valence-electron chi connectivity index (χ3n) is 13.3. The molecule has 3 nitrogen and oxygen atoms in total. The molecular formula is C66H49N3. The van der Waals surface area contributed by atoms with Gasteiger partial charge in [-0.05, 0) is 117 Å². The molecule has 69 heavy (non-hydrogen) atoms. The second kappa shape index (κ2) is 17.6. The molecule has 0 unspecified atom stereocenters. The molecule has 11 rings (SSSR count). The van der Waals surface area contributed by atoms with Crippen LogP contribution in [-0.4, -0.2) is 8.97 Å². The van der Waals surface area contributed by atoms with E-state index in [-0.39, 0.29) is 0 Å². The Morgan fingerprint density at radius 1 is 0.377 bits per heavy atom. The zero-order chi connectivity index (χ0) is 47.2. The van der Waals surface area contributed by atoms with E-state index in [4.69, 9.17) is 0 Å². The zero-order valence-corrected chi connectivity index (χ0v) is 38.4. The molecule has 3 heterocycles. The first-order valence-electron chi connectivity index (χ1n) is 23.1. The molecular weight excluding hydrogens is 835 g/mol. The van der Waals surface area contributed by atoms with Crippen molar-refractivity contribution in [3.63, 3.8) is 0 Å². The molecule has 0 aliphatic rings. The topological polar surface area (TPSA) is 12.6 Å². The van der Waals surface area contributed by atoms with E-state index >= 15 is 0 Å². The lowest BCUT2D eigenvalue weighted by Gasteiger charge is -2.26. The quantitative estimate of drug-likeness (QED) is 0.0992. The van der Waals surface area contributed by atoms with Crippen LogP contribution in [-0.2, 0) is 0 Å². The van der Waals surface area contributed by atoms with Crippen molar-refractivity contribution in [2.75, 3.05) is 4.90 Å². The molecule has 8 aromatic carbocycles. The number of rotatable bonds is 14. The molecule has 0 atom stereocenters. The second-order valence-corrected chi connectivity index (χ2v) is 17.5. The van der Waals surface area contributed by atoms with Crippen LogP contribution in [0.2, 0.25) is 0 Å². The number of anilines is 2. The van der Waals surface area contributed by atoms with E-state index in [9.17, 15) is 0 Å². The first-order valence-corrected chi connectivity index (χ1v) is 23.1. The number of aromatic nitrogens is 2. The lowest BCUT2D eigenvalue weighted by molar-refractivity contribution is 1.18. The van der Waals surface area contributed by atoms with Gasteiger partial charge in [0.1, 0.15) is 0 Å². The van der Waals surface area contributed by atoms with Crippen LogP contribution < -0.4 is 4.90 Å². The standard InChI is InChI=1S/C66H49N3/c1-7-8-17-44(2)45(3)26-27-46(4)47(5)28-29-48(6)67(55-38-32-50(33-39-55)52-34-40-58-56-20-12-14-24-62(56)68(65(58)43-52)53-18-10-9-11-19-53)54-36-30-49(31-37-54)51-35-41-64-61(42-51)60-23-16-22-59-57-21-13-15-25-63(57)69(64)66(59)60/h7-43H,1-6H2. The summed E-state index contributed by atoms with van der Waals surface area (Å²) in [6.07, 6.45) is 13.2. The average Bonchev–Trinajstić information content (AvgIpc) is 4.04. The number of para-hydroxylation sites is 4.